The summed E-state index contributed by atoms with van der Waals surface area (Å²) in [6.07, 6.45) is 5.66. The lowest BCUT2D eigenvalue weighted by Gasteiger charge is -2.32. The van der Waals surface area contributed by atoms with Gasteiger partial charge in [-0.25, -0.2) is 4.98 Å². The Bertz CT molecular complexity index is 893. The number of rotatable bonds is 2. The van der Waals surface area contributed by atoms with Gasteiger partial charge in [-0.3, -0.25) is 10.2 Å². The van der Waals surface area contributed by atoms with E-state index in [0.29, 0.717) is 23.0 Å². The van der Waals surface area contributed by atoms with Crippen LogP contribution in [0, 0.1) is 5.41 Å². The summed E-state index contributed by atoms with van der Waals surface area (Å²) in [4.78, 5) is 21.4. The normalized spacial score (nSPS) is 19.5. The van der Waals surface area contributed by atoms with Crippen LogP contribution in [0.2, 0.25) is 0 Å². The fourth-order valence-electron chi connectivity index (χ4n) is 3.76. The lowest BCUT2D eigenvalue weighted by Crippen LogP contribution is -2.38. The molecular weight excluding hydrogens is 304 g/mol. The zero-order chi connectivity index (χ0) is 16.7. The van der Waals surface area contributed by atoms with Gasteiger partial charge >= 0.3 is 0 Å². The van der Waals surface area contributed by atoms with Crippen molar-refractivity contribution in [1.29, 1.82) is 5.41 Å². The van der Waals surface area contributed by atoms with E-state index in [1.165, 1.54) is 6.42 Å². The molecule has 6 heteroatoms. The Kier molecular flexibility index (Phi) is 3.59. The number of amidine groups is 1. The standard InChI is InChI=1S/C18H20N4O2/c19-16-15(14(23)10-22(16)11-6-2-1-3-7-11)17-20-13-9-5-4-8-12(13)18(24)21-17/h4-5,8-9,11,19,23H,1-3,6-7,10H2,(H,20,21,24). The van der Waals surface area contributed by atoms with E-state index in [1.54, 1.807) is 18.2 Å². The number of benzene rings is 1. The molecule has 0 amide bonds. The molecule has 0 atom stereocenters. The molecule has 0 unspecified atom stereocenters. The van der Waals surface area contributed by atoms with E-state index in [1.807, 2.05) is 11.0 Å². The molecular formula is C18H20N4O2. The number of aromatic amines is 1. The molecule has 2 aromatic rings. The number of hydrogen-bond donors (Lipinski definition) is 3. The van der Waals surface area contributed by atoms with Gasteiger partial charge in [0, 0.05) is 6.04 Å². The first-order chi connectivity index (χ1) is 11.6. The van der Waals surface area contributed by atoms with Crippen LogP contribution in [-0.2, 0) is 0 Å². The van der Waals surface area contributed by atoms with Crippen molar-refractivity contribution in [3.8, 4) is 0 Å². The number of H-pyrrole nitrogens is 1. The topological polar surface area (TPSA) is 93.1 Å². The summed E-state index contributed by atoms with van der Waals surface area (Å²) >= 11 is 0. The fourth-order valence-corrected chi connectivity index (χ4v) is 3.76. The first kappa shape index (κ1) is 14.9. The van der Waals surface area contributed by atoms with Crippen molar-refractivity contribution in [3.63, 3.8) is 0 Å². The van der Waals surface area contributed by atoms with Crippen molar-refractivity contribution in [2.75, 3.05) is 6.54 Å². The van der Waals surface area contributed by atoms with Crippen LogP contribution in [0.5, 0.6) is 0 Å². The van der Waals surface area contributed by atoms with Gasteiger partial charge in [0.2, 0.25) is 0 Å². The third-order valence-electron chi connectivity index (χ3n) is 5.00. The Hall–Kier alpha value is -2.63. The zero-order valence-electron chi connectivity index (χ0n) is 13.4. The molecule has 4 rings (SSSR count). The van der Waals surface area contributed by atoms with E-state index in [4.69, 9.17) is 5.41 Å². The third-order valence-corrected chi connectivity index (χ3v) is 5.00. The van der Waals surface area contributed by atoms with Crippen molar-refractivity contribution in [1.82, 2.24) is 14.9 Å². The molecule has 24 heavy (non-hydrogen) atoms. The molecule has 1 saturated carbocycles. The Morgan fingerprint density at radius 3 is 2.75 bits per heavy atom. The molecule has 0 spiro atoms. The van der Waals surface area contributed by atoms with Crippen molar-refractivity contribution in [3.05, 3.63) is 46.2 Å². The molecule has 6 nitrogen and oxygen atoms in total. The van der Waals surface area contributed by atoms with Crippen LogP contribution in [-0.4, -0.2) is 38.4 Å². The monoisotopic (exact) mass is 324 g/mol. The summed E-state index contributed by atoms with van der Waals surface area (Å²) in [7, 11) is 0. The lowest BCUT2D eigenvalue weighted by molar-refractivity contribution is 0.241. The summed E-state index contributed by atoms with van der Waals surface area (Å²) in [5.41, 5.74) is 0.670. The lowest BCUT2D eigenvalue weighted by atomic mass is 9.94. The number of hydrogen-bond acceptors (Lipinski definition) is 4. The van der Waals surface area contributed by atoms with E-state index in [9.17, 15) is 9.90 Å². The smallest absolute Gasteiger partial charge is 0.259 e. The molecule has 1 aliphatic carbocycles. The van der Waals surface area contributed by atoms with E-state index in [2.05, 4.69) is 9.97 Å². The SMILES string of the molecule is N=C1C(c2nc3ccccc3c(=O)[nH]2)=C(O)CN1C1CCCCC1. The average molecular weight is 324 g/mol. The molecule has 1 fully saturated rings. The van der Waals surface area contributed by atoms with Gasteiger partial charge in [-0.05, 0) is 25.0 Å². The maximum atomic E-state index is 12.3. The predicted octanol–water partition coefficient (Wildman–Crippen LogP) is 2.82. The second-order valence-electron chi connectivity index (χ2n) is 6.52. The van der Waals surface area contributed by atoms with E-state index in [0.717, 1.165) is 25.7 Å². The highest BCUT2D eigenvalue weighted by Crippen LogP contribution is 2.31. The molecule has 124 valence electrons. The van der Waals surface area contributed by atoms with Gasteiger partial charge in [0.1, 0.15) is 17.4 Å². The molecule has 1 aromatic carbocycles. The molecule has 3 N–H and O–H groups in total. The summed E-state index contributed by atoms with van der Waals surface area (Å²) < 4.78 is 0. The maximum absolute atomic E-state index is 12.3. The summed E-state index contributed by atoms with van der Waals surface area (Å²) in [6.45, 7) is 0.329. The number of para-hydroxylation sites is 1. The number of aromatic nitrogens is 2. The molecule has 0 radical (unpaired) electrons. The minimum atomic E-state index is -0.250. The van der Waals surface area contributed by atoms with Gasteiger partial charge in [-0.15, -0.1) is 0 Å². The van der Waals surface area contributed by atoms with E-state index >= 15 is 0 Å². The quantitative estimate of drug-likeness (QED) is 0.792. The van der Waals surface area contributed by atoms with Crippen molar-refractivity contribution >= 4 is 22.3 Å². The Morgan fingerprint density at radius 2 is 1.96 bits per heavy atom. The highest BCUT2D eigenvalue weighted by atomic mass is 16.3. The van der Waals surface area contributed by atoms with Crippen molar-refractivity contribution in [2.24, 2.45) is 0 Å². The van der Waals surface area contributed by atoms with Crippen LogP contribution in [0.1, 0.15) is 37.9 Å². The van der Waals surface area contributed by atoms with Gasteiger partial charge in [0.25, 0.3) is 5.56 Å². The minimum Gasteiger partial charge on any atom is -0.510 e. The molecule has 0 saturated heterocycles. The van der Waals surface area contributed by atoms with Crippen molar-refractivity contribution in [2.45, 2.75) is 38.1 Å². The van der Waals surface area contributed by atoms with Gasteiger partial charge in [0.05, 0.1) is 23.0 Å². The van der Waals surface area contributed by atoms with Gasteiger partial charge < -0.3 is 15.0 Å². The number of aliphatic hydroxyl groups is 1. The summed E-state index contributed by atoms with van der Waals surface area (Å²) in [6, 6.07) is 7.38. The van der Waals surface area contributed by atoms with Gasteiger partial charge in [-0.2, -0.15) is 0 Å². The van der Waals surface area contributed by atoms with Crippen LogP contribution < -0.4 is 5.56 Å². The first-order valence-corrected chi connectivity index (χ1v) is 8.42. The van der Waals surface area contributed by atoms with Crippen LogP contribution in [0.4, 0.5) is 0 Å². The highest BCUT2D eigenvalue weighted by Gasteiger charge is 2.34. The maximum Gasteiger partial charge on any atom is 0.259 e. The number of fused-ring (bicyclic) bond motifs is 1. The second kappa shape index (κ2) is 5.78. The molecule has 2 aliphatic rings. The number of aliphatic hydroxyl groups excluding tert-OH is 1. The van der Waals surface area contributed by atoms with E-state index in [-0.39, 0.29) is 29.0 Å². The predicted molar refractivity (Wildman–Crippen MR) is 93.2 cm³/mol. The Labute approximate surface area is 139 Å². The van der Waals surface area contributed by atoms with Gasteiger partial charge in [-0.1, -0.05) is 31.4 Å². The molecule has 0 bridgehead atoms. The minimum absolute atomic E-state index is 0.115. The van der Waals surface area contributed by atoms with Crippen LogP contribution in [0.3, 0.4) is 0 Å². The second-order valence-corrected chi connectivity index (χ2v) is 6.52. The number of nitrogens with one attached hydrogen (secondary N) is 2. The third kappa shape index (κ3) is 2.38. The van der Waals surface area contributed by atoms with Crippen LogP contribution >= 0.6 is 0 Å². The average Bonchev–Trinajstić information content (AvgIpc) is 2.90. The molecule has 1 aromatic heterocycles. The number of nitrogens with zero attached hydrogens (tertiary/aromatic N) is 2. The van der Waals surface area contributed by atoms with E-state index < -0.39 is 0 Å². The summed E-state index contributed by atoms with van der Waals surface area (Å²) in [5.74, 6) is 0.654. The molecule has 2 heterocycles. The molecule has 1 aliphatic heterocycles. The zero-order valence-corrected chi connectivity index (χ0v) is 13.4. The Morgan fingerprint density at radius 1 is 1.21 bits per heavy atom. The Balaban J connectivity index is 1.72. The van der Waals surface area contributed by atoms with Crippen LogP contribution in [0.15, 0.2) is 34.8 Å². The van der Waals surface area contributed by atoms with Crippen molar-refractivity contribution < 1.29 is 5.11 Å². The highest BCUT2D eigenvalue weighted by molar-refractivity contribution is 6.22. The van der Waals surface area contributed by atoms with Gasteiger partial charge in [0.15, 0.2) is 0 Å². The summed E-state index contributed by atoms with van der Waals surface area (Å²) in [5, 5.41) is 19.4. The first-order valence-electron chi connectivity index (χ1n) is 8.42. The fraction of sp³-hybridized carbons (Fsp3) is 0.389. The largest absolute Gasteiger partial charge is 0.510 e. The van der Waals surface area contributed by atoms with Crippen LogP contribution in [0.25, 0.3) is 16.5 Å².